The number of halogens is 1. The molecule has 1 aromatic heterocycles. The number of nitrogens with two attached hydrogens (primary N) is 1. The van der Waals surface area contributed by atoms with Gasteiger partial charge in [-0.3, -0.25) is 9.59 Å². The standard InChI is InChI=1S/C25H30FN3O5/c1-6-15-19(29-23(31)21(15)26)12-33-24-17-10-20(34-13(2)3)18(22(27)30)9-16(17)14(11-28-24)7-8-25(4,5)32/h9-11,13,15,19,21,32H,6,12H2,1-5H3,(H2,27,30)(H,29,31)/t15-,19+,21-/m0/s1. The molecule has 4 N–H and O–H groups in total. The molecular weight excluding hydrogens is 441 g/mol. The zero-order valence-corrected chi connectivity index (χ0v) is 19.9. The van der Waals surface area contributed by atoms with Crippen molar-refractivity contribution >= 4 is 22.6 Å². The number of rotatable bonds is 7. The van der Waals surface area contributed by atoms with E-state index in [4.69, 9.17) is 15.2 Å². The third-order valence-corrected chi connectivity index (χ3v) is 5.42. The summed E-state index contributed by atoms with van der Waals surface area (Å²) >= 11 is 0. The highest BCUT2D eigenvalue weighted by atomic mass is 19.1. The van der Waals surface area contributed by atoms with Crippen LogP contribution in [0.2, 0.25) is 0 Å². The Balaban J connectivity index is 2.09. The first-order valence-corrected chi connectivity index (χ1v) is 11.2. The maximum absolute atomic E-state index is 14.2. The number of nitrogens with one attached hydrogen (secondary N) is 1. The predicted octanol–water partition coefficient (Wildman–Crippen LogP) is 2.48. The topological polar surface area (TPSA) is 124 Å². The summed E-state index contributed by atoms with van der Waals surface area (Å²) in [7, 11) is 0. The van der Waals surface area contributed by atoms with E-state index < -0.39 is 35.5 Å². The van der Waals surface area contributed by atoms with Crippen LogP contribution in [0.5, 0.6) is 11.6 Å². The summed E-state index contributed by atoms with van der Waals surface area (Å²) in [6.07, 6.45) is 0.132. The van der Waals surface area contributed by atoms with E-state index in [1.165, 1.54) is 6.20 Å². The van der Waals surface area contributed by atoms with Crippen molar-refractivity contribution in [1.82, 2.24) is 10.3 Å². The number of carbonyl (C=O) groups is 2. The Morgan fingerprint density at radius 1 is 1.35 bits per heavy atom. The molecule has 0 saturated carbocycles. The number of pyridine rings is 1. The molecule has 1 aliphatic heterocycles. The minimum atomic E-state index is -1.58. The molecule has 0 spiro atoms. The fourth-order valence-electron chi connectivity index (χ4n) is 3.81. The zero-order valence-electron chi connectivity index (χ0n) is 19.9. The van der Waals surface area contributed by atoms with Gasteiger partial charge in [0.1, 0.15) is 18.0 Å². The molecule has 3 atom stereocenters. The Hall–Kier alpha value is -3.38. The highest BCUT2D eigenvalue weighted by molar-refractivity contribution is 6.03. The van der Waals surface area contributed by atoms with Crippen molar-refractivity contribution in [2.24, 2.45) is 11.7 Å². The largest absolute Gasteiger partial charge is 0.490 e. The first kappa shape index (κ1) is 25.2. The Morgan fingerprint density at radius 3 is 2.65 bits per heavy atom. The van der Waals surface area contributed by atoms with Crippen molar-refractivity contribution in [2.45, 2.75) is 65.0 Å². The highest BCUT2D eigenvalue weighted by Crippen LogP contribution is 2.34. The Morgan fingerprint density at radius 2 is 2.06 bits per heavy atom. The summed E-state index contributed by atoms with van der Waals surface area (Å²) in [5.74, 6) is 4.27. The lowest BCUT2D eigenvalue weighted by molar-refractivity contribution is -0.123. The van der Waals surface area contributed by atoms with Crippen LogP contribution in [0.4, 0.5) is 4.39 Å². The van der Waals surface area contributed by atoms with Gasteiger partial charge in [0, 0.05) is 22.9 Å². The van der Waals surface area contributed by atoms with Crippen LogP contribution in [0.3, 0.4) is 0 Å². The second-order valence-electron chi connectivity index (χ2n) is 9.11. The Bertz CT molecular complexity index is 1160. The number of hydrogen-bond donors (Lipinski definition) is 3. The first-order valence-electron chi connectivity index (χ1n) is 11.2. The lowest BCUT2D eigenvalue weighted by Crippen LogP contribution is -2.34. The molecule has 0 unspecified atom stereocenters. The molecule has 34 heavy (non-hydrogen) atoms. The molecule has 9 heteroatoms. The summed E-state index contributed by atoms with van der Waals surface area (Å²) in [4.78, 5) is 28.3. The fraction of sp³-hybridized carbons (Fsp3) is 0.480. The van der Waals surface area contributed by atoms with Crippen LogP contribution in [0.1, 0.15) is 57.0 Å². The molecule has 1 aliphatic rings. The molecule has 0 bridgehead atoms. The molecular formula is C25H30FN3O5. The van der Waals surface area contributed by atoms with Crippen LogP contribution in [0, 0.1) is 17.8 Å². The summed E-state index contributed by atoms with van der Waals surface area (Å²) in [5, 5.41) is 13.7. The van der Waals surface area contributed by atoms with Crippen LogP contribution in [-0.4, -0.2) is 52.4 Å². The number of primary amides is 1. The quantitative estimate of drug-likeness (QED) is 0.533. The van der Waals surface area contributed by atoms with Gasteiger partial charge >= 0.3 is 0 Å². The van der Waals surface area contributed by atoms with Crippen molar-refractivity contribution in [3.8, 4) is 23.5 Å². The van der Waals surface area contributed by atoms with E-state index >= 15 is 0 Å². The maximum Gasteiger partial charge on any atom is 0.255 e. The van der Waals surface area contributed by atoms with Crippen LogP contribution in [0.25, 0.3) is 10.8 Å². The summed E-state index contributed by atoms with van der Waals surface area (Å²) < 4.78 is 25.9. The van der Waals surface area contributed by atoms with Gasteiger partial charge in [-0.05, 0) is 46.2 Å². The van der Waals surface area contributed by atoms with E-state index in [1.807, 2.05) is 20.8 Å². The van der Waals surface area contributed by atoms with Crippen molar-refractivity contribution in [2.75, 3.05) is 6.61 Å². The van der Waals surface area contributed by atoms with E-state index in [0.717, 1.165) is 0 Å². The van der Waals surface area contributed by atoms with E-state index in [9.17, 15) is 19.1 Å². The van der Waals surface area contributed by atoms with Crippen LogP contribution >= 0.6 is 0 Å². The first-order chi connectivity index (χ1) is 15.9. The average molecular weight is 472 g/mol. The van der Waals surface area contributed by atoms with E-state index in [0.29, 0.717) is 22.8 Å². The number of benzene rings is 1. The lowest BCUT2D eigenvalue weighted by Gasteiger charge is -2.20. The van der Waals surface area contributed by atoms with Crippen molar-refractivity contribution < 1.29 is 28.6 Å². The van der Waals surface area contributed by atoms with Crippen LogP contribution in [-0.2, 0) is 4.79 Å². The zero-order chi connectivity index (χ0) is 25.2. The molecule has 1 aromatic carbocycles. The fourth-order valence-corrected chi connectivity index (χ4v) is 3.81. The summed E-state index contributed by atoms with van der Waals surface area (Å²) in [5.41, 5.74) is 4.97. The summed E-state index contributed by atoms with van der Waals surface area (Å²) in [6.45, 7) is 8.56. The molecule has 1 fully saturated rings. The molecule has 2 amide bonds. The van der Waals surface area contributed by atoms with E-state index in [-0.39, 0.29) is 29.9 Å². The van der Waals surface area contributed by atoms with Gasteiger partial charge < -0.3 is 25.6 Å². The number of alkyl halides is 1. The maximum atomic E-state index is 14.2. The lowest BCUT2D eigenvalue weighted by atomic mass is 9.97. The Labute approximate surface area is 198 Å². The number of aromatic nitrogens is 1. The van der Waals surface area contributed by atoms with Crippen molar-refractivity contribution in [3.63, 3.8) is 0 Å². The number of carbonyl (C=O) groups excluding carboxylic acids is 2. The van der Waals surface area contributed by atoms with Crippen molar-refractivity contribution in [1.29, 1.82) is 0 Å². The van der Waals surface area contributed by atoms with E-state index in [1.54, 1.807) is 26.0 Å². The number of nitrogens with zero attached hydrogens (tertiary/aromatic N) is 1. The van der Waals surface area contributed by atoms with Crippen molar-refractivity contribution in [3.05, 3.63) is 29.5 Å². The minimum Gasteiger partial charge on any atom is -0.490 e. The monoisotopic (exact) mass is 471 g/mol. The molecule has 1 saturated heterocycles. The van der Waals surface area contributed by atoms with Crippen LogP contribution in [0.15, 0.2) is 18.3 Å². The van der Waals surface area contributed by atoms with Gasteiger partial charge in [-0.1, -0.05) is 18.8 Å². The number of ether oxygens (including phenoxy) is 2. The molecule has 2 aromatic rings. The molecule has 2 heterocycles. The van der Waals surface area contributed by atoms with Gasteiger partial charge in [-0.25, -0.2) is 9.37 Å². The minimum absolute atomic E-state index is 0.0133. The van der Waals surface area contributed by atoms with Gasteiger partial charge in [0.25, 0.3) is 11.8 Å². The third-order valence-electron chi connectivity index (χ3n) is 5.42. The number of aliphatic hydroxyl groups is 1. The summed E-state index contributed by atoms with van der Waals surface area (Å²) in [6, 6.07) is 2.66. The van der Waals surface area contributed by atoms with Gasteiger partial charge in [-0.2, -0.15) is 0 Å². The number of amides is 2. The normalized spacial score (nSPS) is 20.1. The molecule has 0 radical (unpaired) electrons. The molecule has 8 nitrogen and oxygen atoms in total. The smallest absolute Gasteiger partial charge is 0.255 e. The van der Waals surface area contributed by atoms with E-state index in [2.05, 4.69) is 22.1 Å². The molecule has 0 aliphatic carbocycles. The second-order valence-corrected chi connectivity index (χ2v) is 9.11. The molecule has 182 valence electrons. The number of hydrogen-bond acceptors (Lipinski definition) is 6. The van der Waals surface area contributed by atoms with Gasteiger partial charge in [0.05, 0.1) is 23.3 Å². The highest BCUT2D eigenvalue weighted by Gasteiger charge is 2.41. The Kier molecular flexibility index (Phi) is 7.32. The van der Waals surface area contributed by atoms with Gasteiger partial charge in [0.15, 0.2) is 6.17 Å². The SMILES string of the molecule is CC[C@@H]1[C@H](F)C(=O)N[C@@H]1COc1ncc(C#CC(C)(C)O)c2cc(C(N)=O)c(OC(C)C)cc12. The van der Waals surface area contributed by atoms with Gasteiger partial charge in [-0.15, -0.1) is 0 Å². The molecule has 3 rings (SSSR count). The third kappa shape index (κ3) is 5.57. The second kappa shape index (κ2) is 9.85. The van der Waals surface area contributed by atoms with Crippen LogP contribution < -0.4 is 20.5 Å². The van der Waals surface area contributed by atoms with Gasteiger partial charge in [0.2, 0.25) is 5.88 Å². The number of fused-ring (bicyclic) bond motifs is 1. The average Bonchev–Trinajstić information content (AvgIpc) is 3.02. The predicted molar refractivity (Wildman–Crippen MR) is 125 cm³/mol.